The average molecular weight is 385 g/mol. The lowest BCUT2D eigenvalue weighted by molar-refractivity contribution is 0.290. The van der Waals surface area contributed by atoms with Gasteiger partial charge >= 0.3 is 0 Å². The summed E-state index contributed by atoms with van der Waals surface area (Å²) in [5, 5.41) is 0. The van der Waals surface area contributed by atoms with Crippen molar-refractivity contribution in [2.75, 3.05) is 13.2 Å². The Labute approximate surface area is 169 Å². The molecule has 28 heavy (non-hydrogen) atoms. The molecule has 1 aliphatic carbocycles. The smallest absolute Gasteiger partial charge is 0.168 e. The Balaban J connectivity index is 1.68. The van der Waals surface area contributed by atoms with Crippen molar-refractivity contribution < 1.29 is 13.9 Å². The van der Waals surface area contributed by atoms with Gasteiger partial charge in [0.1, 0.15) is 5.75 Å². The van der Waals surface area contributed by atoms with Gasteiger partial charge in [-0.1, -0.05) is 58.1 Å². The van der Waals surface area contributed by atoms with Gasteiger partial charge in [0.05, 0.1) is 13.2 Å². The number of unbranched alkanes of at least 4 members (excludes halogenated alkanes) is 5. The minimum absolute atomic E-state index is 0.184. The van der Waals surface area contributed by atoms with E-state index in [1.54, 1.807) is 6.07 Å². The molecule has 0 aromatic heterocycles. The van der Waals surface area contributed by atoms with Gasteiger partial charge in [-0.2, -0.15) is 0 Å². The standard InChI is InChI=1S/C25H33FO2/c1-3-5-7-9-16-27-20-11-13-21-19(18-20)10-12-23-22(21)14-15-24(25(23)26)28-17-8-6-4-2/h11,13-15,18H,3-10,12,16-17H2,1-2H3. The molecule has 3 rings (SSSR count). The first-order valence-electron chi connectivity index (χ1n) is 10.9. The van der Waals surface area contributed by atoms with Crippen molar-refractivity contribution >= 4 is 0 Å². The fraction of sp³-hybridized carbons (Fsp3) is 0.520. The maximum Gasteiger partial charge on any atom is 0.168 e. The Morgan fingerprint density at radius 1 is 0.786 bits per heavy atom. The predicted octanol–water partition coefficient (Wildman–Crippen LogP) is 7.12. The zero-order chi connectivity index (χ0) is 19.8. The molecule has 0 saturated carbocycles. The molecule has 0 unspecified atom stereocenters. The van der Waals surface area contributed by atoms with Gasteiger partial charge in [-0.3, -0.25) is 0 Å². The highest BCUT2D eigenvalue weighted by Crippen LogP contribution is 2.39. The average Bonchev–Trinajstić information content (AvgIpc) is 2.72. The van der Waals surface area contributed by atoms with Crippen molar-refractivity contribution in [3.05, 3.63) is 47.3 Å². The SMILES string of the molecule is CCCCCCOc1ccc2c(c1)CCc1c-2ccc(OCCCCC)c1F. The largest absolute Gasteiger partial charge is 0.494 e. The number of fused-ring (bicyclic) bond motifs is 3. The molecule has 2 aromatic carbocycles. The molecule has 0 saturated heterocycles. The van der Waals surface area contributed by atoms with Crippen molar-refractivity contribution in [1.29, 1.82) is 0 Å². The maximum absolute atomic E-state index is 15.0. The van der Waals surface area contributed by atoms with Crippen molar-refractivity contribution in [1.82, 2.24) is 0 Å². The first-order valence-corrected chi connectivity index (χ1v) is 10.9. The van der Waals surface area contributed by atoms with E-state index in [1.165, 1.54) is 24.8 Å². The van der Waals surface area contributed by atoms with Crippen LogP contribution in [0.3, 0.4) is 0 Å². The number of aryl methyl sites for hydroxylation is 1. The van der Waals surface area contributed by atoms with Crippen LogP contribution in [0.4, 0.5) is 4.39 Å². The Kier molecular flexibility index (Phi) is 7.76. The van der Waals surface area contributed by atoms with Crippen LogP contribution in [0.1, 0.15) is 69.9 Å². The van der Waals surface area contributed by atoms with Crippen LogP contribution in [0.25, 0.3) is 11.1 Å². The zero-order valence-electron chi connectivity index (χ0n) is 17.4. The number of ether oxygens (including phenoxy) is 2. The highest BCUT2D eigenvalue weighted by atomic mass is 19.1. The van der Waals surface area contributed by atoms with E-state index in [4.69, 9.17) is 9.47 Å². The summed E-state index contributed by atoms with van der Waals surface area (Å²) < 4.78 is 26.6. The van der Waals surface area contributed by atoms with Crippen molar-refractivity contribution in [2.45, 2.75) is 71.6 Å². The molecule has 0 aliphatic heterocycles. The normalized spacial score (nSPS) is 12.4. The van der Waals surface area contributed by atoms with Crippen molar-refractivity contribution in [3.8, 4) is 22.6 Å². The maximum atomic E-state index is 15.0. The quantitative estimate of drug-likeness (QED) is 0.384. The molecule has 152 valence electrons. The van der Waals surface area contributed by atoms with E-state index in [-0.39, 0.29) is 5.82 Å². The van der Waals surface area contributed by atoms with Crippen LogP contribution in [-0.2, 0) is 12.8 Å². The van der Waals surface area contributed by atoms with Crippen LogP contribution in [0, 0.1) is 5.82 Å². The second-order valence-electron chi connectivity index (χ2n) is 7.69. The van der Waals surface area contributed by atoms with E-state index < -0.39 is 0 Å². The van der Waals surface area contributed by atoms with Gasteiger partial charge < -0.3 is 9.47 Å². The van der Waals surface area contributed by atoms with Crippen LogP contribution in [0.2, 0.25) is 0 Å². The number of hydrogen-bond acceptors (Lipinski definition) is 2. The summed E-state index contributed by atoms with van der Waals surface area (Å²) in [6.45, 7) is 5.72. The highest BCUT2D eigenvalue weighted by molar-refractivity contribution is 5.75. The molecule has 0 heterocycles. The summed E-state index contributed by atoms with van der Waals surface area (Å²) in [6.07, 6.45) is 9.58. The Hall–Kier alpha value is -2.03. The molecule has 0 spiro atoms. The fourth-order valence-corrected chi connectivity index (χ4v) is 3.85. The molecule has 2 nitrogen and oxygen atoms in total. The number of halogens is 1. The lowest BCUT2D eigenvalue weighted by Crippen LogP contribution is -2.09. The fourth-order valence-electron chi connectivity index (χ4n) is 3.85. The van der Waals surface area contributed by atoms with Crippen LogP contribution >= 0.6 is 0 Å². The summed E-state index contributed by atoms with van der Waals surface area (Å²) in [4.78, 5) is 0. The minimum Gasteiger partial charge on any atom is -0.494 e. The summed E-state index contributed by atoms with van der Waals surface area (Å²) in [7, 11) is 0. The molecule has 0 radical (unpaired) electrons. The monoisotopic (exact) mass is 384 g/mol. The van der Waals surface area contributed by atoms with Gasteiger partial charge in [0.25, 0.3) is 0 Å². The summed E-state index contributed by atoms with van der Waals surface area (Å²) in [6, 6.07) is 10.0. The van der Waals surface area contributed by atoms with Crippen LogP contribution < -0.4 is 9.47 Å². The number of hydrogen-bond donors (Lipinski definition) is 0. The number of benzene rings is 2. The Bertz CT molecular complexity index is 769. The van der Waals surface area contributed by atoms with Gasteiger partial charge in [0, 0.05) is 0 Å². The lowest BCUT2D eigenvalue weighted by Gasteiger charge is -2.22. The number of rotatable bonds is 11. The summed E-state index contributed by atoms with van der Waals surface area (Å²) in [5.41, 5.74) is 4.15. The van der Waals surface area contributed by atoms with E-state index >= 15 is 0 Å². The van der Waals surface area contributed by atoms with Gasteiger partial charge in [-0.15, -0.1) is 0 Å². The van der Waals surface area contributed by atoms with Crippen LogP contribution in [-0.4, -0.2) is 13.2 Å². The van der Waals surface area contributed by atoms with Gasteiger partial charge in [0.15, 0.2) is 11.6 Å². The molecule has 0 N–H and O–H groups in total. The van der Waals surface area contributed by atoms with E-state index in [0.29, 0.717) is 18.8 Å². The van der Waals surface area contributed by atoms with Crippen LogP contribution in [0.5, 0.6) is 11.5 Å². The third-order valence-electron chi connectivity index (χ3n) is 5.49. The minimum atomic E-state index is -0.184. The molecule has 0 bridgehead atoms. The van der Waals surface area contributed by atoms with E-state index in [1.807, 2.05) is 12.1 Å². The van der Waals surface area contributed by atoms with Crippen molar-refractivity contribution in [2.24, 2.45) is 0 Å². The van der Waals surface area contributed by atoms with E-state index in [0.717, 1.165) is 61.2 Å². The zero-order valence-corrected chi connectivity index (χ0v) is 17.4. The second kappa shape index (κ2) is 10.5. The highest BCUT2D eigenvalue weighted by Gasteiger charge is 2.22. The Morgan fingerprint density at radius 2 is 1.50 bits per heavy atom. The first kappa shape index (κ1) is 20.7. The molecular formula is C25H33FO2. The van der Waals surface area contributed by atoms with E-state index in [9.17, 15) is 4.39 Å². The van der Waals surface area contributed by atoms with Gasteiger partial charge in [-0.25, -0.2) is 4.39 Å². The molecule has 0 atom stereocenters. The predicted molar refractivity (Wildman–Crippen MR) is 114 cm³/mol. The lowest BCUT2D eigenvalue weighted by atomic mass is 9.85. The van der Waals surface area contributed by atoms with E-state index in [2.05, 4.69) is 26.0 Å². The third kappa shape index (κ3) is 5.06. The van der Waals surface area contributed by atoms with Gasteiger partial charge in [0.2, 0.25) is 0 Å². The summed E-state index contributed by atoms with van der Waals surface area (Å²) >= 11 is 0. The molecule has 2 aromatic rings. The molecule has 1 aliphatic rings. The third-order valence-corrected chi connectivity index (χ3v) is 5.49. The van der Waals surface area contributed by atoms with Crippen molar-refractivity contribution in [3.63, 3.8) is 0 Å². The molecule has 3 heteroatoms. The topological polar surface area (TPSA) is 18.5 Å². The summed E-state index contributed by atoms with van der Waals surface area (Å²) in [5.74, 6) is 1.14. The van der Waals surface area contributed by atoms with Gasteiger partial charge in [-0.05, 0) is 66.1 Å². The molecular weight excluding hydrogens is 351 g/mol. The van der Waals surface area contributed by atoms with Crippen LogP contribution in [0.15, 0.2) is 30.3 Å². The second-order valence-corrected chi connectivity index (χ2v) is 7.69. The molecule has 0 fully saturated rings. The first-order chi connectivity index (χ1) is 13.7. The molecule has 0 amide bonds. The Morgan fingerprint density at radius 3 is 2.32 bits per heavy atom.